The first kappa shape index (κ1) is 21.7. The number of carbonyl (C=O) groups excluding carboxylic acids is 2. The SMILES string of the molecule is O=C(NC1CCCCC1)C(c1ccccc1F)N(C(=O)c1ccccn1)c1ccccc1. The average molecular weight is 432 g/mol. The van der Waals surface area contributed by atoms with Gasteiger partial charge in [0.1, 0.15) is 17.6 Å². The van der Waals surface area contributed by atoms with Crippen molar-refractivity contribution in [1.29, 1.82) is 0 Å². The van der Waals surface area contributed by atoms with Crippen LogP contribution in [0.4, 0.5) is 10.1 Å². The molecule has 4 rings (SSSR count). The van der Waals surface area contributed by atoms with Gasteiger partial charge in [0, 0.05) is 23.5 Å². The van der Waals surface area contributed by atoms with E-state index < -0.39 is 23.7 Å². The quantitative estimate of drug-likeness (QED) is 0.594. The number of nitrogens with zero attached hydrogens (tertiary/aromatic N) is 2. The minimum absolute atomic E-state index is 0.0214. The molecule has 32 heavy (non-hydrogen) atoms. The molecule has 1 saturated carbocycles. The van der Waals surface area contributed by atoms with E-state index >= 15 is 0 Å². The summed E-state index contributed by atoms with van der Waals surface area (Å²) in [4.78, 5) is 32.8. The van der Waals surface area contributed by atoms with Crippen molar-refractivity contribution >= 4 is 17.5 Å². The number of halogens is 1. The van der Waals surface area contributed by atoms with Crippen molar-refractivity contribution in [2.75, 3.05) is 4.90 Å². The van der Waals surface area contributed by atoms with Gasteiger partial charge in [-0.05, 0) is 43.2 Å². The molecular formula is C26H26FN3O2. The van der Waals surface area contributed by atoms with Crippen molar-refractivity contribution in [1.82, 2.24) is 10.3 Å². The molecule has 1 aliphatic rings. The molecular weight excluding hydrogens is 405 g/mol. The standard InChI is InChI=1S/C26H26FN3O2/c27-22-16-8-7-15-21(22)24(25(31)29-19-11-3-1-4-12-19)30(20-13-5-2-6-14-20)26(32)23-17-9-10-18-28-23/h2,5-10,13-19,24H,1,3-4,11-12H2,(H,29,31). The fraction of sp³-hybridized carbons (Fsp3) is 0.269. The van der Waals surface area contributed by atoms with Gasteiger partial charge in [-0.15, -0.1) is 0 Å². The van der Waals surface area contributed by atoms with Gasteiger partial charge in [0.25, 0.3) is 5.91 Å². The summed E-state index contributed by atoms with van der Waals surface area (Å²) in [6.07, 6.45) is 6.54. The van der Waals surface area contributed by atoms with Crippen LogP contribution in [-0.2, 0) is 4.79 Å². The zero-order valence-electron chi connectivity index (χ0n) is 17.8. The maximum atomic E-state index is 15.0. The third-order valence-electron chi connectivity index (χ3n) is 5.80. The predicted molar refractivity (Wildman–Crippen MR) is 122 cm³/mol. The number of aromatic nitrogens is 1. The molecule has 1 aliphatic carbocycles. The Labute approximate surface area is 187 Å². The number of benzene rings is 2. The van der Waals surface area contributed by atoms with Crippen LogP contribution in [0.1, 0.15) is 54.2 Å². The van der Waals surface area contributed by atoms with Crippen LogP contribution in [0.25, 0.3) is 0 Å². The Morgan fingerprint density at radius 2 is 1.59 bits per heavy atom. The number of hydrogen-bond donors (Lipinski definition) is 1. The summed E-state index contributed by atoms with van der Waals surface area (Å²) >= 11 is 0. The highest BCUT2D eigenvalue weighted by Gasteiger charge is 2.36. The zero-order chi connectivity index (χ0) is 22.3. The first-order valence-corrected chi connectivity index (χ1v) is 11.0. The molecule has 1 fully saturated rings. The molecule has 1 heterocycles. The molecule has 0 bridgehead atoms. The van der Waals surface area contributed by atoms with Gasteiger partial charge in [-0.2, -0.15) is 0 Å². The summed E-state index contributed by atoms with van der Waals surface area (Å²) in [5.41, 5.74) is 0.826. The number of anilines is 1. The van der Waals surface area contributed by atoms with E-state index in [1.54, 1.807) is 60.7 Å². The van der Waals surface area contributed by atoms with Crippen molar-refractivity contribution in [2.45, 2.75) is 44.2 Å². The summed E-state index contributed by atoms with van der Waals surface area (Å²) in [5, 5.41) is 3.08. The van der Waals surface area contributed by atoms with E-state index in [1.165, 1.54) is 17.2 Å². The minimum atomic E-state index is -1.17. The first-order chi connectivity index (χ1) is 15.6. The highest BCUT2D eigenvalue weighted by atomic mass is 19.1. The van der Waals surface area contributed by atoms with Gasteiger partial charge < -0.3 is 5.32 Å². The number of rotatable bonds is 6. The number of carbonyl (C=O) groups is 2. The molecule has 5 nitrogen and oxygen atoms in total. The summed E-state index contributed by atoms with van der Waals surface area (Å²) in [6.45, 7) is 0. The number of para-hydroxylation sites is 1. The van der Waals surface area contributed by atoms with Crippen LogP contribution in [-0.4, -0.2) is 22.8 Å². The van der Waals surface area contributed by atoms with Crippen LogP contribution in [0.15, 0.2) is 79.0 Å². The van der Waals surface area contributed by atoms with Gasteiger partial charge in [-0.1, -0.05) is 61.7 Å². The Balaban J connectivity index is 1.80. The average Bonchev–Trinajstić information content (AvgIpc) is 2.84. The predicted octanol–water partition coefficient (Wildman–Crippen LogP) is 5.06. The highest BCUT2D eigenvalue weighted by Crippen LogP contribution is 2.31. The van der Waals surface area contributed by atoms with Crippen LogP contribution in [0, 0.1) is 5.82 Å². The second kappa shape index (κ2) is 10.2. The molecule has 1 N–H and O–H groups in total. The largest absolute Gasteiger partial charge is 0.351 e. The number of nitrogens with one attached hydrogen (secondary N) is 1. The monoisotopic (exact) mass is 431 g/mol. The van der Waals surface area contributed by atoms with Gasteiger partial charge >= 0.3 is 0 Å². The minimum Gasteiger partial charge on any atom is -0.351 e. The van der Waals surface area contributed by atoms with Crippen LogP contribution < -0.4 is 10.2 Å². The maximum absolute atomic E-state index is 15.0. The molecule has 0 saturated heterocycles. The number of hydrogen-bond acceptors (Lipinski definition) is 3. The Bertz CT molecular complexity index is 1050. The van der Waals surface area contributed by atoms with Crippen LogP contribution >= 0.6 is 0 Å². The summed E-state index contributed by atoms with van der Waals surface area (Å²) in [5.74, 6) is -1.40. The van der Waals surface area contributed by atoms with Crippen LogP contribution in [0.5, 0.6) is 0 Å². The first-order valence-electron chi connectivity index (χ1n) is 11.0. The Morgan fingerprint density at radius 3 is 2.28 bits per heavy atom. The summed E-state index contributed by atoms with van der Waals surface area (Å²) < 4.78 is 15.0. The Kier molecular flexibility index (Phi) is 6.90. The lowest BCUT2D eigenvalue weighted by Gasteiger charge is -2.33. The molecule has 3 aromatic rings. The summed E-state index contributed by atoms with van der Waals surface area (Å²) in [6, 6.07) is 18.9. The van der Waals surface area contributed by atoms with Gasteiger partial charge in [-0.25, -0.2) is 4.39 Å². The lowest BCUT2D eigenvalue weighted by atomic mass is 9.94. The normalized spacial score (nSPS) is 15.0. The van der Waals surface area contributed by atoms with E-state index in [4.69, 9.17) is 0 Å². The Hall–Kier alpha value is -3.54. The summed E-state index contributed by atoms with van der Waals surface area (Å²) in [7, 11) is 0. The van der Waals surface area contributed by atoms with E-state index in [2.05, 4.69) is 10.3 Å². The van der Waals surface area contributed by atoms with Crippen LogP contribution in [0.2, 0.25) is 0 Å². The molecule has 6 heteroatoms. The lowest BCUT2D eigenvalue weighted by Crippen LogP contribution is -2.47. The fourth-order valence-corrected chi connectivity index (χ4v) is 4.21. The van der Waals surface area contributed by atoms with Crippen molar-refractivity contribution < 1.29 is 14.0 Å². The van der Waals surface area contributed by atoms with Crippen molar-refractivity contribution in [3.05, 3.63) is 96.1 Å². The second-order valence-corrected chi connectivity index (χ2v) is 7.99. The molecule has 2 aromatic carbocycles. The van der Waals surface area contributed by atoms with Gasteiger partial charge in [0.2, 0.25) is 5.91 Å². The highest BCUT2D eigenvalue weighted by molar-refractivity contribution is 6.09. The maximum Gasteiger partial charge on any atom is 0.277 e. The van der Waals surface area contributed by atoms with Gasteiger partial charge in [0.15, 0.2) is 0 Å². The fourth-order valence-electron chi connectivity index (χ4n) is 4.21. The Morgan fingerprint density at radius 1 is 0.906 bits per heavy atom. The molecule has 0 radical (unpaired) electrons. The third kappa shape index (κ3) is 4.85. The molecule has 0 spiro atoms. The third-order valence-corrected chi connectivity index (χ3v) is 5.80. The molecule has 2 amide bonds. The molecule has 164 valence electrons. The number of pyridine rings is 1. The van der Waals surface area contributed by atoms with Gasteiger partial charge in [0.05, 0.1) is 0 Å². The second-order valence-electron chi connectivity index (χ2n) is 7.99. The molecule has 1 unspecified atom stereocenters. The topological polar surface area (TPSA) is 62.3 Å². The van der Waals surface area contributed by atoms with E-state index in [1.807, 2.05) is 6.07 Å². The van der Waals surface area contributed by atoms with E-state index in [0.717, 1.165) is 32.1 Å². The van der Waals surface area contributed by atoms with E-state index in [0.29, 0.717) is 5.69 Å². The number of amides is 2. The van der Waals surface area contributed by atoms with Crippen molar-refractivity contribution in [2.24, 2.45) is 0 Å². The van der Waals surface area contributed by atoms with E-state index in [9.17, 15) is 14.0 Å². The van der Waals surface area contributed by atoms with Gasteiger partial charge in [-0.3, -0.25) is 19.5 Å². The zero-order valence-corrected chi connectivity index (χ0v) is 17.8. The molecule has 0 aliphatic heterocycles. The smallest absolute Gasteiger partial charge is 0.277 e. The molecule has 1 atom stereocenters. The van der Waals surface area contributed by atoms with Crippen molar-refractivity contribution in [3.63, 3.8) is 0 Å². The molecule has 1 aromatic heterocycles. The van der Waals surface area contributed by atoms with E-state index in [-0.39, 0.29) is 17.3 Å². The van der Waals surface area contributed by atoms with Crippen LogP contribution in [0.3, 0.4) is 0 Å². The lowest BCUT2D eigenvalue weighted by molar-refractivity contribution is -0.123. The van der Waals surface area contributed by atoms with Crippen molar-refractivity contribution in [3.8, 4) is 0 Å².